The van der Waals surface area contributed by atoms with Crippen molar-refractivity contribution in [3.05, 3.63) is 41.3 Å². The van der Waals surface area contributed by atoms with Crippen LogP contribution in [0, 0.1) is 6.92 Å². The van der Waals surface area contributed by atoms with Crippen LogP contribution >= 0.6 is 0 Å². The van der Waals surface area contributed by atoms with Crippen molar-refractivity contribution < 1.29 is 23.4 Å². The number of benzene rings is 1. The van der Waals surface area contributed by atoms with Gasteiger partial charge in [0.2, 0.25) is 17.7 Å². The molecule has 0 aliphatic heterocycles. The predicted molar refractivity (Wildman–Crippen MR) is 128 cm³/mol. The van der Waals surface area contributed by atoms with Crippen molar-refractivity contribution in [2.75, 3.05) is 31.4 Å². The van der Waals surface area contributed by atoms with Crippen molar-refractivity contribution in [3.63, 3.8) is 0 Å². The molecule has 2 N–H and O–H groups in total. The molecule has 1 amide bonds. The van der Waals surface area contributed by atoms with Crippen LogP contribution in [0.4, 0.5) is 11.6 Å². The fraction of sp³-hybridized carbons (Fsp3) is 0.417. The predicted octanol–water partition coefficient (Wildman–Crippen LogP) is 4.95. The molecule has 10 heteroatoms. The lowest BCUT2D eigenvalue weighted by atomic mass is 9.86. The Labute approximate surface area is 199 Å². The molecular formula is C24H31N5O5. The molecule has 0 unspecified atom stereocenters. The third-order valence-electron chi connectivity index (χ3n) is 4.97. The van der Waals surface area contributed by atoms with Gasteiger partial charge in [-0.1, -0.05) is 39.8 Å². The highest BCUT2D eigenvalue weighted by Crippen LogP contribution is 2.34. The summed E-state index contributed by atoms with van der Waals surface area (Å²) in [6.07, 6.45) is 2.06. The van der Waals surface area contributed by atoms with Crippen LogP contribution in [0.3, 0.4) is 0 Å². The number of amides is 1. The van der Waals surface area contributed by atoms with Gasteiger partial charge in [0.25, 0.3) is 5.91 Å². The first-order chi connectivity index (χ1) is 16.2. The summed E-state index contributed by atoms with van der Waals surface area (Å²) in [5, 5.41) is 5.74. The molecule has 3 aromatic rings. The number of hydrogen-bond donors (Lipinski definition) is 2. The second kappa shape index (κ2) is 10.4. The van der Waals surface area contributed by atoms with E-state index in [2.05, 4.69) is 52.4 Å². The summed E-state index contributed by atoms with van der Waals surface area (Å²) in [5.41, 5.74) is 2.16. The average Bonchev–Trinajstić information content (AvgIpc) is 3.27. The number of aromatic nitrogens is 3. The van der Waals surface area contributed by atoms with Gasteiger partial charge < -0.3 is 29.3 Å². The second-order valence-electron chi connectivity index (χ2n) is 8.65. The monoisotopic (exact) mass is 469 g/mol. The number of oxazole rings is 1. The van der Waals surface area contributed by atoms with E-state index in [4.69, 9.17) is 18.6 Å². The topological polar surface area (TPSA) is 121 Å². The number of carbonyl (C=O) groups excluding carboxylic acids is 1. The zero-order chi connectivity index (χ0) is 24.9. The van der Waals surface area contributed by atoms with Crippen molar-refractivity contribution in [1.82, 2.24) is 15.0 Å². The number of rotatable bonds is 9. The summed E-state index contributed by atoms with van der Waals surface area (Å²) in [7, 11) is 2.88. The lowest BCUT2D eigenvalue weighted by molar-refractivity contribution is 0.102. The Morgan fingerprint density at radius 1 is 1.09 bits per heavy atom. The van der Waals surface area contributed by atoms with Crippen molar-refractivity contribution in [2.45, 2.75) is 46.5 Å². The molecule has 0 saturated carbocycles. The normalized spacial score (nSPS) is 11.1. The van der Waals surface area contributed by atoms with E-state index in [1.807, 2.05) is 26.0 Å². The Bertz CT molecular complexity index is 1130. The Kier molecular flexibility index (Phi) is 7.60. The van der Waals surface area contributed by atoms with Crippen LogP contribution in [-0.2, 0) is 5.41 Å². The number of aryl methyl sites for hydroxylation is 1. The summed E-state index contributed by atoms with van der Waals surface area (Å²) < 4.78 is 21.9. The standard InChI is InChI=1S/C24H31N5O5/c1-8-11-25-22-28-20(31-6)18(21(29-22)32-7)27-19(30)16-13-33-23(26-16)34-17-12-15(24(3,4)5)10-9-14(17)2/h9-10,12-13H,8,11H2,1-7H3,(H,27,30)(H,25,28,29). The number of ether oxygens (including phenoxy) is 3. The number of carbonyl (C=O) groups is 1. The Morgan fingerprint density at radius 3 is 2.35 bits per heavy atom. The van der Waals surface area contributed by atoms with E-state index in [-0.39, 0.29) is 34.6 Å². The van der Waals surface area contributed by atoms with Crippen molar-refractivity contribution in [2.24, 2.45) is 0 Å². The molecule has 2 aromatic heterocycles. The van der Waals surface area contributed by atoms with E-state index in [1.54, 1.807) is 0 Å². The zero-order valence-corrected chi connectivity index (χ0v) is 20.6. The maximum Gasteiger partial charge on any atom is 0.399 e. The number of hydrogen-bond acceptors (Lipinski definition) is 9. The van der Waals surface area contributed by atoms with E-state index < -0.39 is 5.91 Å². The third-order valence-corrected chi connectivity index (χ3v) is 4.97. The zero-order valence-electron chi connectivity index (χ0n) is 20.6. The lowest BCUT2D eigenvalue weighted by Crippen LogP contribution is -2.16. The van der Waals surface area contributed by atoms with Crippen molar-refractivity contribution >= 4 is 17.5 Å². The third kappa shape index (κ3) is 5.75. The van der Waals surface area contributed by atoms with E-state index in [9.17, 15) is 4.79 Å². The van der Waals surface area contributed by atoms with Crippen LogP contribution in [0.5, 0.6) is 23.6 Å². The summed E-state index contributed by atoms with van der Waals surface area (Å²) in [4.78, 5) is 25.6. The molecule has 0 aliphatic rings. The van der Waals surface area contributed by atoms with Gasteiger partial charge in [-0.2, -0.15) is 15.0 Å². The van der Waals surface area contributed by atoms with E-state index in [0.29, 0.717) is 18.2 Å². The summed E-state index contributed by atoms with van der Waals surface area (Å²) in [6.45, 7) is 11.0. The summed E-state index contributed by atoms with van der Waals surface area (Å²) >= 11 is 0. The minimum atomic E-state index is -0.562. The fourth-order valence-corrected chi connectivity index (χ4v) is 3.00. The number of nitrogens with one attached hydrogen (secondary N) is 2. The van der Waals surface area contributed by atoms with Crippen LogP contribution in [-0.4, -0.2) is 41.6 Å². The van der Waals surface area contributed by atoms with Gasteiger partial charge in [-0.05, 0) is 36.0 Å². The molecule has 0 radical (unpaired) electrons. The molecule has 3 rings (SSSR count). The van der Waals surface area contributed by atoms with Crippen LogP contribution < -0.4 is 24.8 Å². The molecule has 2 heterocycles. The smallest absolute Gasteiger partial charge is 0.399 e. The first kappa shape index (κ1) is 24.8. The molecule has 0 spiro atoms. The number of methoxy groups -OCH3 is 2. The molecule has 10 nitrogen and oxygen atoms in total. The van der Waals surface area contributed by atoms with Crippen LogP contribution in [0.2, 0.25) is 0 Å². The highest BCUT2D eigenvalue weighted by Gasteiger charge is 2.22. The first-order valence-corrected chi connectivity index (χ1v) is 11.0. The maximum atomic E-state index is 12.9. The molecule has 0 fully saturated rings. The van der Waals surface area contributed by atoms with Gasteiger partial charge in [0.15, 0.2) is 11.4 Å². The molecule has 0 saturated heterocycles. The Balaban J connectivity index is 1.80. The highest BCUT2D eigenvalue weighted by atomic mass is 16.6. The van der Waals surface area contributed by atoms with Gasteiger partial charge in [0.1, 0.15) is 12.0 Å². The minimum absolute atomic E-state index is 0.0110. The molecule has 0 aliphatic carbocycles. The van der Waals surface area contributed by atoms with Crippen LogP contribution in [0.1, 0.15) is 55.7 Å². The number of nitrogens with zero attached hydrogens (tertiary/aromatic N) is 3. The largest absolute Gasteiger partial charge is 0.479 e. The molecule has 0 atom stereocenters. The lowest BCUT2D eigenvalue weighted by Gasteiger charge is -2.20. The van der Waals surface area contributed by atoms with Gasteiger partial charge in [-0.15, -0.1) is 0 Å². The van der Waals surface area contributed by atoms with Crippen LogP contribution in [0.15, 0.2) is 28.9 Å². The second-order valence-corrected chi connectivity index (χ2v) is 8.65. The molecule has 34 heavy (non-hydrogen) atoms. The molecule has 0 bridgehead atoms. The SMILES string of the molecule is CCCNc1nc(OC)c(NC(=O)c2coc(Oc3cc(C(C)(C)C)ccc3C)n2)c(OC)n1. The van der Waals surface area contributed by atoms with Crippen molar-refractivity contribution in [3.8, 4) is 23.6 Å². The van der Waals surface area contributed by atoms with E-state index in [1.165, 1.54) is 20.5 Å². The fourth-order valence-electron chi connectivity index (χ4n) is 3.00. The summed E-state index contributed by atoms with van der Waals surface area (Å²) in [6, 6.07) is 5.98. The van der Waals surface area contributed by atoms with Crippen LogP contribution in [0.25, 0.3) is 0 Å². The average molecular weight is 470 g/mol. The highest BCUT2D eigenvalue weighted by molar-refractivity contribution is 6.04. The summed E-state index contributed by atoms with van der Waals surface area (Å²) in [5.74, 6) is 0.668. The minimum Gasteiger partial charge on any atom is -0.479 e. The van der Waals surface area contributed by atoms with E-state index >= 15 is 0 Å². The Morgan fingerprint density at radius 2 is 1.76 bits per heavy atom. The van der Waals surface area contributed by atoms with Gasteiger partial charge in [0.05, 0.1) is 14.2 Å². The van der Waals surface area contributed by atoms with Gasteiger partial charge in [-0.25, -0.2) is 0 Å². The van der Waals surface area contributed by atoms with Crippen molar-refractivity contribution in [1.29, 1.82) is 0 Å². The maximum absolute atomic E-state index is 12.9. The van der Waals surface area contributed by atoms with Gasteiger partial charge >= 0.3 is 6.08 Å². The number of anilines is 2. The van der Waals surface area contributed by atoms with E-state index in [0.717, 1.165) is 17.5 Å². The molecular weight excluding hydrogens is 438 g/mol. The quantitative estimate of drug-likeness (QED) is 0.448. The first-order valence-electron chi connectivity index (χ1n) is 11.0. The van der Waals surface area contributed by atoms with Gasteiger partial charge in [0, 0.05) is 6.54 Å². The molecule has 1 aromatic carbocycles. The van der Waals surface area contributed by atoms with Gasteiger partial charge in [-0.3, -0.25) is 4.79 Å². The Hall–Kier alpha value is -3.82. The molecule has 182 valence electrons.